The fourth-order valence-electron chi connectivity index (χ4n) is 2.37. The maximum atomic E-state index is 13.8. The lowest BCUT2D eigenvalue weighted by Gasteiger charge is -2.13. The zero-order chi connectivity index (χ0) is 14.5. The highest BCUT2D eigenvalue weighted by Crippen LogP contribution is 2.32. The summed E-state index contributed by atoms with van der Waals surface area (Å²) in [7, 11) is 1.33. The van der Waals surface area contributed by atoms with Crippen molar-refractivity contribution in [1.82, 2.24) is 5.32 Å². The molecule has 1 aliphatic rings. The Morgan fingerprint density at radius 3 is 3.00 bits per heavy atom. The smallest absolute Gasteiger partial charge is 0.313 e. The number of nitro benzene ring substituents is 1. The van der Waals surface area contributed by atoms with Crippen LogP contribution in [0.4, 0.5) is 15.8 Å². The zero-order valence-electron chi connectivity index (χ0n) is 11.3. The molecule has 1 fully saturated rings. The molecule has 1 aliphatic heterocycles. The third-order valence-electron chi connectivity index (χ3n) is 3.44. The molecule has 0 spiro atoms. The van der Waals surface area contributed by atoms with Crippen molar-refractivity contribution in [2.75, 3.05) is 25.5 Å². The number of halogens is 1. The Balaban J connectivity index is 2.01. The van der Waals surface area contributed by atoms with Crippen molar-refractivity contribution in [1.29, 1.82) is 0 Å². The van der Waals surface area contributed by atoms with Crippen LogP contribution in [-0.2, 0) is 0 Å². The van der Waals surface area contributed by atoms with Crippen LogP contribution in [0.2, 0.25) is 0 Å². The van der Waals surface area contributed by atoms with Gasteiger partial charge in [-0.05, 0) is 25.8 Å². The average Bonchev–Trinajstić information content (AvgIpc) is 2.93. The van der Waals surface area contributed by atoms with E-state index < -0.39 is 10.7 Å². The monoisotopic (exact) mass is 283 g/mol. The SMILES string of the molecule is COc1cc(NCC[C@@H]2CCCN2)c(F)cc1[N+](=O)[O-]. The molecule has 0 saturated carbocycles. The quantitative estimate of drug-likeness (QED) is 0.619. The number of rotatable bonds is 6. The Kier molecular flexibility index (Phi) is 4.73. The van der Waals surface area contributed by atoms with E-state index in [-0.39, 0.29) is 17.1 Å². The Hall–Kier alpha value is -1.89. The summed E-state index contributed by atoms with van der Waals surface area (Å²) in [5.41, 5.74) is -0.140. The molecule has 0 unspecified atom stereocenters. The first-order chi connectivity index (χ1) is 9.61. The minimum absolute atomic E-state index is 0.0536. The summed E-state index contributed by atoms with van der Waals surface area (Å²) in [5.74, 6) is -0.588. The summed E-state index contributed by atoms with van der Waals surface area (Å²) in [6.07, 6.45) is 3.19. The summed E-state index contributed by atoms with van der Waals surface area (Å²) in [6.45, 7) is 1.64. The van der Waals surface area contributed by atoms with E-state index in [2.05, 4.69) is 10.6 Å². The number of methoxy groups -OCH3 is 1. The highest BCUT2D eigenvalue weighted by molar-refractivity contribution is 5.59. The molecule has 0 radical (unpaired) electrons. The zero-order valence-corrected chi connectivity index (χ0v) is 11.3. The molecule has 20 heavy (non-hydrogen) atoms. The number of nitro groups is 1. The van der Waals surface area contributed by atoms with Crippen LogP contribution >= 0.6 is 0 Å². The van der Waals surface area contributed by atoms with Crippen LogP contribution < -0.4 is 15.4 Å². The molecule has 1 atom stereocenters. The molecule has 0 amide bonds. The van der Waals surface area contributed by atoms with Gasteiger partial charge in [0, 0.05) is 18.7 Å². The molecule has 0 aliphatic carbocycles. The van der Waals surface area contributed by atoms with Gasteiger partial charge in [0.05, 0.1) is 23.8 Å². The molecule has 1 heterocycles. The van der Waals surface area contributed by atoms with E-state index in [0.29, 0.717) is 12.6 Å². The maximum absolute atomic E-state index is 13.8. The standard InChI is InChI=1S/C13H18FN3O3/c1-20-13-8-11(10(14)7-12(13)17(18)19)16-6-4-9-3-2-5-15-9/h7-9,15-16H,2-6H2,1H3/t9-/m0/s1. The van der Waals surface area contributed by atoms with Crippen molar-refractivity contribution in [3.05, 3.63) is 28.1 Å². The van der Waals surface area contributed by atoms with E-state index in [0.717, 1.165) is 25.5 Å². The van der Waals surface area contributed by atoms with Crippen molar-refractivity contribution in [2.45, 2.75) is 25.3 Å². The van der Waals surface area contributed by atoms with Gasteiger partial charge in [-0.3, -0.25) is 10.1 Å². The second kappa shape index (κ2) is 6.51. The van der Waals surface area contributed by atoms with Gasteiger partial charge in [-0.1, -0.05) is 0 Å². The van der Waals surface area contributed by atoms with Gasteiger partial charge in [-0.2, -0.15) is 0 Å². The van der Waals surface area contributed by atoms with E-state index >= 15 is 0 Å². The van der Waals surface area contributed by atoms with Gasteiger partial charge in [0.25, 0.3) is 0 Å². The first-order valence-electron chi connectivity index (χ1n) is 6.61. The maximum Gasteiger partial charge on any atom is 0.313 e. The second-order valence-electron chi connectivity index (χ2n) is 4.77. The van der Waals surface area contributed by atoms with Crippen LogP contribution in [0.5, 0.6) is 5.75 Å². The molecular weight excluding hydrogens is 265 g/mol. The fourth-order valence-corrected chi connectivity index (χ4v) is 2.37. The van der Waals surface area contributed by atoms with Crippen molar-refractivity contribution in [3.63, 3.8) is 0 Å². The number of hydrogen-bond donors (Lipinski definition) is 2. The van der Waals surface area contributed by atoms with Crippen molar-refractivity contribution in [3.8, 4) is 5.75 Å². The van der Waals surface area contributed by atoms with Crippen LogP contribution in [-0.4, -0.2) is 31.2 Å². The van der Waals surface area contributed by atoms with Crippen molar-refractivity contribution >= 4 is 11.4 Å². The van der Waals surface area contributed by atoms with Gasteiger partial charge in [0.2, 0.25) is 0 Å². The van der Waals surface area contributed by atoms with E-state index in [9.17, 15) is 14.5 Å². The Morgan fingerprint density at radius 1 is 1.60 bits per heavy atom. The van der Waals surface area contributed by atoms with E-state index in [1.807, 2.05) is 0 Å². The molecule has 2 N–H and O–H groups in total. The molecule has 0 bridgehead atoms. The first-order valence-corrected chi connectivity index (χ1v) is 6.61. The summed E-state index contributed by atoms with van der Waals surface area (Å²) in [6, 6.07) is 2.68. The van der Waals surface area contributed by atoms with Crippen LogP contribution in [0.25, 0.3) is 0 Å². The predicted octanol–water partition coefficient (Wildman–Crippen LogP) is 2.30. The molecule has 6 nitrogen and oxygen atoms in total. The van der Waals surface area contributed by atoms with Gasteiger partial charge in [-0.15, -0.1) is 0 Å². The summed E-state index contributed by atoms with van der Waals surface area (Å²) < 4.78 is 18.7. The van der Waals surface area contributed by atoms with E-state index in [1.165, 1.54) is 19.6 Å². The molecule has 2 rings (SSSR count). The normalized spacial score (nSPS) is 18.0. The number of benzene rings is 1. The first kappa shape index (κ1) is 14.5. The van der Waals surface area contributed by atoms with E-state index in [1.54, 1.807) is 0 Å². The number of ether oxygens (including phenoxy) is 1. The van der Waals surface area contributed by atoms with Crippen LogP contribution in [0.3, 0.4) is 0 Å². The minimum atomic E-state index is -0.659. The second-order valence-corrected chi connectivity index (χ2v) is 4.77. The van der Waals surface area contributed by atoms with Crippen molar-refractivity contribution < 1.29 is 14.1 Å². The highest BCUT2D eigenvalue weighted by Gasteiger charge is 2.19. The van der Waals surface area contributed by atoms with Gasteiger partial charge >= 0.3 is 5.69 Å². The lowest BCUT2D eigenvalue weighted by Crippen LogP contribution is -2.24. The topological polar surface area (TPSA) is 76.4 Å². The van der Waals surface area contributed by atoms with Gasteiger partial charge in [-0.25, -0.2) is 4.39 Å². The third-order valence-corrected chi connectivity index (χ3v) is 3.44. The molecule has 7 heteroatoms. The molecule has 0 aromatic heterocycles. The largest absolute Gasteiger partial charge is 0.490 e. The summed E-state index contributed by atoms with van der Waals surface area (Å²) >= 11 is 0. The van der Waals surface area contributed by atoms with Crippen LogP contribution in [0, 0.1) is 15.9 Å². The lowest BCUT2D eigenvalue weighted by atomic mass is 10.1. The lowest BCUT2D eigenvalue weighted by molar-refractivity contribution is -0.385. The molecule has 1 aromatic carbocycles. The Morgan fingerprint density at radius 2 is 2.40 bits per heavy atom. The number of nitrogens with zero attached hydrogens (tertiary/aromatic N) is 1. The van der Waals surface area contributed by atoms with Crippen LogP contribution in [0.15, 0.2) is 12.1 Å². The third kappa shape index (κ3) is 3.36. The molecule has 110 valence electrons. The minimum Gasteiger partial charge on any atom is -0.490 e. The van der Waals surface area contributed by atoms with Gasteiger partial charge in [0.1, 0.15) is 0 Å². The predicted molar refractivity (Wildman–Crippen MR) is 73.7 cm³/mol. The average molecular weight is 283 g/mol. The fraction of sp³-hybridized carbons (Fsp3) is 0.538. The Bertz CT molecular complexity index is 490. The van der Waals surface area contributed by atoms with Gasteiger partial charge in [0.15, 0.2) is 11.6 Å². The highest BCUT2D eigenvalue weighted by atomic mass is 19.1. The number of anilines is 1. The number of nitrogens with one attached hydrogen (secondary N) is 2. The van der Waals surface area contributed by atoms with Crippen molar-refractivity contribution in [2.24, 2.45) is 0 Å². The molecular formula is C13H18FN3O3. The molecule has 1 aromatic rings. The summed E-state index contributed by atoms with van der Waals surface area (Å²) in [5, 5.41) is 17.1. The number of hydrogen-bond acceptors (Lipinski definition) is 5. The molecule has 1 saturated heterocycles. The van der Waals surface area contributed by atoms with Gasteiger partial charge < -0.3 is 15.4 Å². The van der Waals surface area contributed by atoms with Crippen LogP contribution in [0.1, 0.15) is 19.3 Å². The van der Waals surface area contributed by atoms with E-state index in [4.69, 9.17) is 4.74 Å². The Labute approximate surface area is 116 Å². The summed E-state index contributed by atoms with van der Waals surface area (Å²) in [4.78, 5) is 10.1.